The molecule has 0 bridgehead atoms. The van der Waals surface area contributed by atoms with Crippen molar-refractivity contribution in [3.63, 3.8) is 0 Å². The minimum absolute atomic E-state index is 0.222. The molecule has 2 rings (SSSR count). The zero-order valence-corrected chi connectivity index (χ0v) is 8.53. The largest absolute Gasteiger partial charge is 0.339 e. The molecule has 2 aromatic heterocycles. The fraction of sp³-hybridized carbons (Fsp3) is 0. The van der Waals surface area contributed by atoms with Crippen LogP contribution in [0.2, 0.25) is 0 Å². The molecule has 2 aromatic rings. The molecule has 0 unspecified atom stereocenters. The Morgan fingerprint density at radius 3 is 1.67 bits per heavy atom. The summed E-state index contributed by atoms with van der Waals surface area (Å²) in [5.41, 5.74) is -0.444. The fourth-order valence-electron chi connectivity index (χ4n) is 1.18. The van der Waals surface area contributed by atoms with Crippen molar-refractivity contribution in [1.82, 2.24) is 19.8 Å². The number of ketones is 1. The second-order valence-corrected chi connectivity index (χ2v) is 3.05. The van der Waals surface area contributed by atoms with E-state index in [4.69, 9.17) is 0 Å². The van der Waals surface area contributed by atoms with Gasteiger partial charge in [0.05, 0.1) is 20.3 Å². The van der Waals surface area contributed by atoms with E-state index in [2.05, 4.69) is 10.2 Å². The molecule has 0 N–H and O–H groups in total. The van der Waals surface area contributed by atoms with E-state index in [1.165, 1.54) is 0 Å². The van der Waals surface area contributed by atoms with Gasteiger partial charge in [-0.05, 0) is 0 Å². The van der Waals surface area contributed by atoms with Crippen molar-refractivity contribution in [3.8, 4) is 0 Å². The number of hydrogen-bond donors (Lipinski definition) is 0. The Morgan fingerprint density at radius 2 is 1.39 bits per heavy atom. The van der Waals surface area contributed by atoms with Crippen LogP contribution in [0.5, 0.6) is 0 Å². The van der Waals surface area contributed by atoms with E-state index in [0.717, 1.165) is 24.5 Å². The molecule has 92 valence electrons. The summed E-state index contributed by atoms with van der Waals surface area (Å²) in [5.74, 6) is -0.740. The Bertz CT molecular complexity index is 588. The van der Waals surface area contributed by atoms with E-state index in [1.807, 2.05) is 0 Å². The van der Waals surface area contributed by atoms with Gasteiger partial charge in [0.15, 0.2) is 0 Å². The van der Waals surface area contributed by atoms with Gasteiger partial charge in [0.2, 0.25) is 0 Å². The van der Waals surface area contributed by atoms with Crippen LogP contribution in [-0.4, -0.2) is 35.6 Å². The predicted octanol–water partition coefficient (Wildman–Crippen LogP) is -0.610. The van der Waals surface area contributed by atoms with Crippen LogP contribution in [-0.2, 0) is 0 Å². The molecular weight excluding hydrogens is 248 g/mol. The second kappa shape index (κ2) is 4.04. The molecule has 11 nitrogen and oxygen atoms in total. The first-order valence-corrected chi connectivity index (χ1v) is 4.44. The average molecular weight is 252 g/mol. The highest BCUT2D eigenvalue weighted by Gasteiger charge is 2.26. The minimum atomic E-state index is -0.827. The minimum Gasteiger partial charge on any atom is -0.339 e. The van der Waals surface area contributed by atoms with Crippen LogP contribution in [0.4, 0.5) is 0 Å². The first-order valence-electron chi connectivity index (χ1n) is 4.44. The van der Waals surface area contributed by atoms with Gasteiger partial charge in [0, 0.05) is 21.7 Å². The van der Waals surface area contributed by atoms with Crippen molar-refractivity contribution < 1.29 is 14.9 Å². The molecule has 0 aliphatic heterocycles. The summed E-state index contributed by atoms with van der Waals surface area (Å²) in [6.07, 6.45) is 1.97. The zero-order chi connectivity index (χ0) is 13.3. The summed E-state index contributed by atoms with van der Waals surface area (Å²) in [6.45, 7) is 0. The van der Waals surface area contributed by atoms with Crippen molar-refractivity contribution >= 4 is 5.78 Å². The summed E-state index contributed by atoms with van der Waals surface area (Å²) in [4.78, 5) is 33.1. The van der Waals surface area contributed by atoms with Crippen molar-refractivity contribution in [1.29, 1.82) is 0 Å². The molecule has 2 heterocycles. The van der Waals surface area contributed by atoms with Crippen molar-refractivity contribution in [2.24, 2.45) is 0 Å². The number of aromatic nitrogens is 4. The van der Waals surface area contributed by atoms with Gasteiger partial charge in [0.1, 0.15) is 12.4 Å². The lowest BCUT2D eigenvalue weighted by Gasteiger charge is -1.87. The number of nitro groups is 2. The SMILES string of the molecule is O=C(c1ccn([N+](=O)[O-])n1)c1ccn([N+](=O)[O-])n1. The van der Waals surface area contributed by atoms with Crippen molar-refractivity contribution in [3.05, 3.63) is 56.1 Å². The van der Waals surface area contributed by atoms with E-state index >= 15 is 0 Å². The lowest BCUT2D eigenvalue weighted by molar-refractivity contribution is -0.552. The van der Waals surface area contributed by atoms with Crippen LogP contribution < -0.4 is 0 Å². The fourth-order valence-corrected chi connectivity index (χ4v) is 1.18. The van der Waals surface area contributed by atoms with Gasteiger partial charge < -0.3 is 20.2 Å². The number of carbonyl (C=O) groups is 1. The lowest BCUT2D eigenvalue weighted by atomic mass is 10.2. The molecule has 0 fully saturated rings. The molecule has 0 amide bonds. The Labute approximate surface area is 97.5 Å². The molecule has 0 atom stereocenters. The zero-order valence-electron chi connectivity index (χ0n) is 8.53. The van der Waals surface area contributed by atoms with Gasteiger partial charge in [-0.2, -0.15) is 0 Å². The molecule has 18 heavy (non-hydrogen) atoms. The summed E-state index contributed by atoms with van der Waals surface area (Å²) in [6, 6.07) is 2.24. The van der Waals surface area contributed by atoms with Crippen LogP contribution in [0.25, 0.3) is 0 Å². The number of hydrogen-bond acceptors (Lipinski definition) is 7. The summed E-state index contributed by atoms with van der Waals surface area (Å²) in [5, 5.41) is 25.8. The molecule has 0 aromatic carbocycles. The molecule has 0 aliphatic carbocycles. The molecule has 0 saturated carbocycles. The first kappa shape index (κ1) is 11.4. The standard InChI is InChI=1S/C7H4N6O5/c14-7(5-1-3-10(8-5)12(15)16)6-2-4-11(9-6)13(17)18/h1-4H. The highest BCUT2D eigenvalue weighted by molar-refractivity contribution is 6.06. The Balaban J connectivity index is 2.29. The maximum atomic E-state index is 11.7. The maximum absolute atomic E-state index is 11.7. The highest BCUT2D eigenvalue weighted by Crippen LogP contribution is 2.05. The molecule has 0 saturated heterocycles. The molecule has 0 aliphatic rings. The van der Waals surface area contributed by atoms with Gasteiger partial charge in [0.25, 0.3) is 17.2 Å². The van der Waals surface area contributed by atoms with E-state index in [1.54, 1.807) is 0 Å². The van der Waals surface area contributed by atoms with Crippen molar-refractivity contribution in [2.45, 2.75) is 0 Å². The Kier molecular flexibility index (Phi) is 2.56. The van der Waals surface area contributed by atoms with Gasteiger partial charge in [-0.25, -0.2) is 0 Å². The number of carbonyl (C=O) groups excluding carboxylic acids is 1. The lowest BCUT2D eigenvalue weighted by Crippen LogP contribution is -2.13. The monoisotopic (exact) mass is 252 g/mol. The van der Waals surface area contributed by atoms with Crippen LogP contribution in [0.1, 0.15) is 16.2 Å². The topological polar surface area (TPSA) is 139 Å². The van der Waals surface area contributed by atoms with Gasteiger partial charge in [-0.1, -0.05) is 0 Å². The van der Waals surface area contributed by atoms with Crippen LogP contribution in [0, 0.1) is 20.2 Å². The Hall–Kier alpha value is -3.11. The van der Waals surface area contributed by atoms with Gasteiger partial charge in [-0.3, -0.25) is 4.79 Å². The van der Waals surface area contributed by atoms with Gasteiger partial charge >= 0.3 is 0 Å². The Morgan fingerprint density at radius 1 is 1.00 bits per heavy atom. The normalized spacial score (nSPS) is 10.2. The van der Waals surface area contributed by atoms with Crippen molar-refractivity contribution in [2.75, 3.05) is 0 Å². The van der Waals surface area contributed by atoms with E-state index in [9.17, 15) is 25.0 Å². The van der Waals surface area contributed by atoms with Crippen LogP contribution in [0.15, 0.2) is 24.5 Å². The average Bonchev–Trinajstić information content (AvgIpc) is 2.97. The molecule has 0 spiro atoms. The smallest absolute Gasteiger partial charge is 0.285 e. The quantitative estimate of drug-likeness (QED) is 0.401. The van der Waals surface area contributed by atoms with E-state index in [-0.39, 0.29) is 11.4 Å². The first-order chi connectivity index (χ1) is 8.49. The molecular formula is C7H4N6O5. The van der Waals surface area contributed by atoms with Crippen LogP contribution in [0.3, 0.4) is 0 Å². The predicted molar refractivity (Wildman–Crippen MR) is 52.7 cm³/mol. The third-order valence-corrected chi connectivity index (χ3v) is 1.95. The van der Waals surface area contributed by atoms with E-state index in [0.29, 0.717) is 9.58 Å². The molecule has 0 radical (unpaired) electrons. The second-order valence-electron chi connectivity index (χ2n) is 3.05. The maximum Gasteiger partial charge on any atom is 0.285 e. The third-order valence-electron chi connectivity index (χ3n) is 1.95. The molecule has 11 heteroatoms. The number of rotatable bonds is 4. The van der Waals surface area contributed by atoms with E-state index < -0.39 is 15.8 Å². The third kappa shape index (κ3) is 1.91. The summed E-state index contributed by atoms with van der Waals surface area (Å²) < 4.78 is 0. The number of nitrogens with zero attached hydrogens (tertiary/aromatic N) is 6. The van der Waals surface area contributed by atoms with Gasteiger partial charge in [-0.15, -0.1) is 0 Å². The highest BCUT2D eigenvalue weighted by atomic mass is 16.7. The summed E-state index contributed by atoms with van der Waals surface area (Å²) >= 11 is 0. The van der Waals surface area contributed by atoms with Crippen LogP contribution >= 0.6 is 0 Å². The summed E-state index contributed by atoms with van der Waals surface area (Å²) in [7, 11) is 0.